The zero-order valence-electron chi connectivity index (χ0n) is 16.0. The Morgan fingerprint density at radius 1 is 1.34 bits per heavy atom. The van der Waals surface area contributed by atoms with Gasteiger partial charge in [0.05, 0.1) is 12.1 Å². The molecule has 0 saturated carbocycles. The molecule has 1 amide bonds. The fourth-order valence-electron chi connectivity index (χ4n) is 3.61. The molecule has 4 rings (SSSR count). The van der Waals surface area contributed by atoms with Crippen LogP contribution in [0.15, 0.2) is 45.7 Å². The molecule has 0 radical (unpaired) electrons. The first-order valence-corrected chi connectivity index (χ1v) is 9.92. The summed E-state index contributed by atoms with van der Waals surface area (Å²) in [5, 5.41) is 0.698. The number of nitrogens with zero attached hydrogens (tertiary/aromatic N) is 3. The number of H-pyrrole nitrogens is 1. The SMILES string of the molecule is Cc1cc(C(=O)N2CCC[C@H](c3ncc(Cc4ccc(Cl)cc4)o3)C2)nc(=O)[nH]1. The lowest BCUT2D eigenvalue weighted by Crippen LogP contribution is -2.40. The molecular weight excluding hydrogens is 392 g/mol. The second-order valence-electron chi connectivity index (χ2n) is 7.31. The van der Waals surface area contributed by atoms with Gasteiger partial charge in [0.2, 0.25) is 0 Å². The van der Waals surface area contributed by atoms with E-state index in [1.807, 2.05) is 24.3 Å². The largest absolute Gasteiger partial charge is 0.445 e. The molecular formula is C21H21ClN4O3. The molecule has 0 spiro atoms. The summed E-state index contributed by atoms with van der Waals surface area (Å²) in [6.07, 6.45) is 4.11. The Hall–Kier alpha value is -2.93. The quantitative estimate of drug-likeness (QED) is 0.709. The minimum Gasteiger partial charge on any atom is -0.445 e. The van der Waals surface area contributed by atoms with Crippen LogP contribution in [0.5, 0.6) is 0 Å². The molecule has 29 heavy (non-hydrogen) atoms. The Balaban J connectivity index is 1.45. The lowest BCUT2D eigenvalue weighted by atomic mass is 9.97. The number of amides is 1. The maximum absolute atomic E-state index is 12.8. The van der Waals surface area contributed by atoms with Gasteiger partial charge in [-0.25, -0.2) is 9.78 Å². The second-order valence-corrected chi connectivity index (χ2v) is 7.75. The second kappa shape index (κ2) is 8.21. The predicted molar refractivity (Wildman–Crippen MR) is 108 cm³/mol. The van der Waals surface area contributed by atoms with Gasteiger partial charge in [-0.2, -0.15) is 4.98 Å². The average Bonchev–Trinajstić information content (AvgIpc) is 3.17. The highest BCUT2D eigenvalue weighted by molar-refractivity contribution is 6.30. The Kier molecular flexibility index (Phi) is 5.49. The van der Waals surface area contributed by atoms with Crippen molar-refractivity contribution in [3.05, 3.63) is 80.6 Å². The lowest BCUT2D eigenvalue weighted by molar-refractivity contribution is 0.0691. The van der Waals surface area contributed by atoms with Crippen molar-refractivity contribution in [1.82, 2.24) is 19.9 Å². The van der Waals surface area contributed by atoms with Gasteiger partial charge in [0, 0.05) is 30.2 Å². The van der Waals surface area contributed by atoms with E-state index in [1.165, 1.54) is 0 Å². The van der Waals surface area contributed by atoms with Crippen LogP contribution in [0.1, 0.15) is 52.2 Å². The number of nitrogens with one attached hydrogen (secondary N) is 1. The third kappa shape index (κ3) is 4.56. The van der Waals surface area contributed by atoms with Crippen LogP contribution in [0.25, 0.3) is 0 Å². The van der Waals surface area contributed by atoms with Gasteiger partial charge in [-0.05, 0) is 43.5 Å². The first-order valence-electron chi connectivity index (χ1n) is 9.54. The van der Waals surface area contributed by atoms with Crippen molar-refractivity contribution in [3.63, 3.8) is 0 Å². The standard InChI is InChI=1S/C21H21ClN4O3/c1-13-9-18(25-21(28)24-13)20(27)26-8-2-3-15(12-26)19-23-11-17(29-19)10-14-4-6-16(22)7-5-14/h4-7,9,11,15H,2-3,8,10,12H2,1H3,(H,24,25,28)/t15-/m0/s1. The number of rotatable bonds is 4. The molecule has 0 bridgehead atoms. The number of carbonyl (C=O) groups excluding carboxylic acids is 1. The number of aromatic nitrogens is 3. The topological polar surface area (TPSA) is 92.1 Å². The van der Waals surface area contributed by atoms with Crippen LogP contribution < -0.4 is 5.69 Å². The molecule has 1 saturated heterocycles. The highest BCUT2D eigenvalue weighted by Crippen LogP contribution is 2.28. The average molecular weight is 413 g/mol. The molecule has 1 aliphatic rings. The minimum absolute atomic E-state index is 0.0229. The van der Waals surface area contributed by atoms with E-state index in [4.69, 9.17) is 16.0 Å². The summed E-state index contributed by atoms with van der Waals surface area (Å²) in [5.41, 5.74) is 1.36. The van der Waals surface area contributed by atoms with Crippen molar-refractivity contribution in [2.24, 2.45) is 0 Å². The van der Waals surface area contributed by atoms with Crippen LogP contribution in [0.4, 0.5) is 0 Å². The zero-order valence-corrected chi connectivity index (χ0v) is 16.8. The minimum atomic E-state index is -0.513. The van der Waals surface area contributed by atoms with Crippen LogP contribution in [-0.2, 0) is 6.42 Å². The van der Waals surface area contributed by atoms with Crippen molar-refractivity contribution in [2.45, 2.75) is 32.1 Å². The van der Waals surface area contributed by atoms with Gasteiger partial charge in [0.1, 0.15) is 11.5 Å². The smallest absolute Gasteiger partial charge is 0.345 e. The summed E-state index contributed by atoms with van der Waals surface area (Å²) in [6.45, 7) is 2.85. The van der Waals surface area contributed by atoms with E-state index in [0.717, 1.165) is 24.2 Å². The molecule has 1 aliphatic heterocycles. The number of aromatic amines is 1. The zero-order chi connectivity index (χ0) is 20.4. The van der Waals surface area contributed by atoms with E-state index in [1.54, 1.807) is 24.1 Å². The Bertz CT molecular complexity index is 1070. The van der Waals surface area contributed by atoms with Crippen molar-refractivity contribution >= 4 is 17.5 Å². The maximum Gasteiger partial charge on any atom is 0.345 e. The first-order chi connectivity index (χ1) is 14.0. The third-order valence-electron chi connectivity index (χ3n) is 5.02. The highest BCUT2D eigenvalue weighted by atomic mass is 35.5. The molecule has 1 fully saturated rings. The van der Waals surface area contributed by atoms with Gasteiger partial charge in [0.15, 0.2) is 5.89 Å². The molecule has 1 N–H and O–H groups in total. The van der Waals surface area contributed by atoms with E-state index in [-0.39, 0.29) is 17.5 Å². The van der Waals surface area contributed by atoms with E-state index in [0.29, 0.717) is 36.1 Å². The molecule has 7 nitrogen and oxygen atoms in total. The van der Waals surface area contributed by atoms with Crippen molar-refractivity contribution < 1.29 is 9.21 Å². The van der Waals surface area contributed by atoms with Crippen molar-refractivity contribution in [3.8, 4) is 0 Å². The summed E-state index contributed by atoms with van der Waals surface area (Å²) < 4.78 is 5.98. The molecule has 1 atom stereocenters. The molecule has 0 unspecified atom stereocenters. The summed E-state index contributed by atoms with van der Waals surface area (Å²) in [5.74, 6) is 1.20. The number of hydrogen-bond acceptors (Lipinski definition) is 5. The molecule has 8 heteroatoms. The van der Waals surface area contributed by atoms with Gasteiger partial charge in [-0.3, -0.25) is 4.79 Å². The summed E-state index contributed by atoms with van der Waals surface area (Å²) in [7, 11) is 0. The third-order valence-corrected chi connectivity index (χ3v) is 5.27. The Morgan fingerprint density at radius 2 is 2.14 bits per heavy atom. The fraction of sp³-hybridized carbons (Fsp3) is 0.333. The summed E-state index contributed by atoms with van der Waals surface area (Å²) >= 11 is 5.93. The number of piperidine rings is 1. The number of oxazole rings is 1. The van der Waals surface area contributed by atoms with Crippen LogP contribution in [0.3, 0.4) is 0 Å². The molecule has 3 aromatic rings. The van der Waals surface area contributed by atoms with Gasteiger partial charge in [0.25, 0.3) is 5.91 Å². The van der Waals surface area contributed by atoms with Gasteiger partial charge in [-0.1, -0.05) is 23.7 Å². The van der Waals surface area contributed by atoms with Crippen molar-refractivity contribution in [2.75, 3.05) is 13.1 Å². The lowest BCUT2D eigenvalue weighted by Gasteiger charge is -2.31. The monoisotopic (exact) mass is 412 g/mol. The van der Waals surface area contributed by atoms with Crippen molar-refractivity contribution in [1.29, 1.82) is 0 Å². The molecule has 2 aromatic heterocycles. The summed E-state index contributed by atoms with van der Waals surface area (Å²) in [4.78, 5) is 36.9. The van der Waals surface area contributed by atoms with Gasteiger partial charge < -0.3 is 14.3 Å². The Labute approximate surface area is 172 Å². The summed E-state index contributed by atoms with van der Waals surface area (Å²) in [6, 6.07) is 9.22. The van der Waals surface area contributed by atoms with Crippen LogP contribution in [0.2, 0.25) is 5.02 Å². The van der Waals surface area contributed by atoms with E-state index in [2.05, 4.69) is 15.0 Å². The normalized spacial score (nSPS) is 16.8. The molecule has 3 heterocycles. The molecule has 150 valence electrons. The van der Waals surface area contributed by atoms with E-state index in [9.17, 15) is 9.59 Å². The molecule has 1 aromatic carbocycles. The first kappa shape index (κ1) is 19.4. The molecule has 0 aliphatic carbocycles. The Morgan fingerprint density at radius 3 is 2.90 bits per heavy atom. The number of aryl methyl sites for hydroxylation is 1. The van der Waals surface area contributed by atoms with Crippen LogP contribution in [0, 0.1) is 6.92 Å². The van der Waals surface area contributed by atoms with Crippen LogP contribution >= 0.6 is 11.6 Å². The number of hydrogen-bond donors (Lipinski definition) is 1. The van der Waals surface area contributed by atoms with Gasteiger partial charge >= 0.3 is 5.69 Å². The maximum atomic E-state index is 12.8. The number of halogens is 1. The number of likely N-dealkylation sites (tertiary alicyclic amines) is 1. The predicted octanol–water partition coefficient (Wildman–Crippen LogP) is 3.33. The van der Waals surface area contributed by atoms with Gasteiger partial charge in [-0.15, -0.1) is 0 Å². The highest BCUT2D eigenvalue weighted by Gasteiger charge is 2.29. The van der Waals surface area contributed by atoms with Crippen LogP contribution in [-0.4, -0.2) is 38.8 Å². The van der Waals surface area contributed by atoms with E-state index >= 15 is 0 Å². The number of carbonyl (C=O) groups is 1. The fourth-order valence-corrected chi connectivity index (χ4v) is 3.74. The van der Waals surface area contributed by atoms with E-state index < -0.39 is 5.69 Å². The number of benzene rings is 1.